The standard InChI is InChI=1S/C12H11NO4S.Na.H/c1-8(14)13-12-4-2-3-9-5-6-10(7-11(9)12)18(15,16)17;;/h2-7H,1H3,(H,13,14)(H,15,16,17);;/q;+1;-1. The number of rotatable bonds is 2. The summed E-state index contributed by atoms with van der Waals surface area (Å²) in [5.74, 6) is -0.250. The Morgan fingerprint density at radius 3 is 2.53 bits per heavy atom. The van der Waals surface area contributed by atoms with Gasteiger partial charge in [0.25, 0.3) is 10.1 Å². The third kappa shape index (κ3) is 3.77. The quantitative estimate of drug-likeness (QED) is 0.558. The molecule has 0 radical (unpaired) electrons. The van der Waals surface area contributed by atoms with Crippen LogP contribution in [0.3, 0.4) is 0 Å². The Kier molecular flexibility index (Phi) is 5.11. The molecule has 5 nitrogen and oxygen atoms in total. The van der Waals surface area contributed by atoms with Crippen LogP contribution in [0.25, 0.3) is 10.8 Å². The summed E-state index contributed by atoms with van der Waals surface area (Å²) < 4.78 is 31.2. The summed E-state index contributed by atoms with van der Waals surface area (Å²) in [6.45, 7) is 1.37. The summed E-state index contributed by atoms with van der Waals surface area (Å²) >= 11 is 0. The molecule has 1 amide bonds. The Morgan fingerprint density at radius 1 is 1.26 bits per heavy atom. The molecule has 7 heteroatoms. The summed E-state index contributed by atoms with van der Waals surface area (Å²) in [5, 5.41) is 3.94. The second-order valence-corrected chi connectivity index (χ2v) is 5.27. The Morgan fingerprint density at radius 2 is 1.95 bits per heavy atom. The van der Waals surface area contributed by atoms with Crippen molar-refractivity contribution in [1.82, 2.24) is 0 Å². The van der Waals surface area contributed by atoms with E-state index in [0.717, 1.165) is 5.39 Å². The Hall–Kier alpha value is -0.920. The minimum atomic E-state index is -4.25. The second kappa shape index (κ2) is 6.02. The van der Waals surface area contributed by atoms with Crippen molar-refractivity contribution in [1.29, 1.82) is 0 Å². The number of amides is 1. The van der Waals surface area contributed by atoms with E-state index in [1.165, 1.54) is 19.1 Å². The van der Waals surface area contributed by atoms with Crippen molar-refractivity contribution >= 4 is 32.5 Å². The summed E-state index contributed by atoms with van der Waals surface area (Å²) in [5.41, 5.74) is 0.505. The number of fused-ring (bicyclic) bond motifs is 1. The van der Waals surface area contributed by atoms with Crippen LogP contribution < -0.4 is 34.9 Å². The van der Waals surface area contributed by atoms with Gasteiger partial charge in [-0.05, 0) is 23.6 Å². The molecule has 0 aliphatic heterocycles. The van der Waals surface area contributed by atoms with Crippen molar-refractivity contribution in [3.05, 3.63) is 36.4 Å². The van der Waals surface area contributed by atoms with Crippen molar-refractivity contribution < 1.29 is 48.7 Å². The average molecular weight is 289 g/mol. The molecule has 0 aliphatic rings. The Balaban J connectivity index is 0.00000180. The van der Waals surface area contributed by atoms with E-state index in [1.807, 2.05) is 0 Å². The molecule has 2 aromatic carbocycles. The first-order valence-corrected chi connectivity index (χ1v) is 6.60. The van der Waals surface area contributed by atoms with E-state index in [2.05, 4.69) is 5.32 Å². The minimum Gasteiger partial charge on any atom is -1.00 e. The monoisotopic (exact) mass is 289 g/mol. The molecule has 0 heterocycles. The first-order chi connectivity index (χ1) is 8.38. The fourth-order valence-corrected chi connectivity index (χ4v) is 2.22. The third-order valence-electron chi connectivity index (χ3n) is 2.46. The zero-order valence-corrected chi connectivity index (χ0v) is 13.4. The van der Waals surface area contributed by atoms with Crippen LogP contribution >= 0.6 is 0 Å². The maximum atomic E-state index is 11.1. The van der Waals surface area contributed by atoms with Crippen molar-refractivity contribution in [3.8, 4) is 0 Å². The summed E-state index contributed by atoms with van der Waals surface area (Å²) in [4.78, 5) is 10.9. The van der Waals surface area contributed by atoms with E-state index in [0.29, 0.717) is 11.1 Å². The van der Waals surface area contributed by atoms with Crippen LogP contribution in [0.5, 0.6) is 0 Å². The van der Waals surface area contributed by atoms with Crippen LogP contribution in [-0.2, 0) is 14.9 Å². The smallest absolute Gasteiger partial charge is 1.00 e. The molecule has 19 heavy (non-hydrogen) atoms. The van der Waals surface area contributed by atoms with Crippen molar-refractivity contribution in [2.75, 3.05) is 5.32 Å². The predicted octanol–water partition coefficient (Wildman–Crippen LogP) is -0.839. The zero-order valence-electron chi connectivity index (χ0n) is 11.5. The number of carbonyl (C=O) groups is 1. The van der Waals surface area contributed by atoms with Crippen molar-refractivity contribution in [3.63, 3.8) is 0 Å². The van der Waals surface area contributed by atoms with Crippen LogP contribution in [-0.4, -0.2) is 18.9 Å². The van der Waals surface area contributed by atoms with Gasteiger partial charge in [-0.3, -0.25) is 9.35 Å². The molecule has 0 aliphatic carbocycles. The molecule has 96 valence electrons. The molecule has 0 spiro atoms. The normalized spacial score (nSPS) is 10.8. The SMILES string of the molecule is CC(=O)Nc1cccc2ccc(S(=O)(=O)O)cc12.[H-].[Na+]. The minimum absolute atomic E-state index is 0. The van der Waals surface area contributed by atoms with Gasteiger partial charge >= 0.3 is 29.6 Å². The van der Waals surface area contributed by atoms with E-state index in [-0.39, 0.29) is 41.8 Å². The average Bonchev–Trinajstić information content (AvgIpc) is 2.27. The third-order valence-corrected chi connectivity index (χ3v) is 3.31. The van der Waals surface area contributed by atoms with E-state index < -0.39 is 10.1 Å². The van der Waals surface area contributed by atoms with Gasteiger partial charge < -0.3 is 6.74 Å². The molecule has 2 aromatic rings. The van der Waals surface area contributed by atoms with E-state index in [4.69, 9.17) is 4.55 Å². The zero-order chi connectivity index (χ0) is 13.3. The van der Waals surface area contributed by atoms with Gasteiger partial charge in [0.15, 0.2) is 0 Å². The van der Waals surface area contributed by atoms with Gasteiger partial charge in [0.2, 0.25) is 5.91 Å². The van der Waals surface area contributed by atoms with Crippen LogP contribution in [0, 0.1) is 0 Å². The number of hydrogen-bond acceptors (Lipinski definition) is 3. The molecule has 0 atom stereocenters. The van der Waals surface area contributed by atoms with Gasteiger partial charge in [-0.25, -0.2) is 0 Å². The molecule has 2 N–H and O–H groups in total. The van der Waals surface area contributed by atoms with Crippen LogP contribution in [0.2, 0.25) is 0 Å². The number of anilines is 1. The number of hydrogen-bond donors (Lipinski definition) is 2. The van der Waals surface area contributed by atoms with Crippen LogP contribution in [0.15, 0.2) is 41.3 Å². The van der Waals surface area contributed by atoms with Crippen molar-refractivity contribution in [2.24, 2.45) is 0 Å². The maximum absolute atomic E-state index is 11.1. The number of carbonyl (C=O) groups excluding carboxylic acids is 1. The van der Waals surface area contributed by atoms with E-state index in [1.54, 1.807) is 24.3 Å². The first kappa shape index (κ1) is 16.1. The fourth-order valence-electron chi connectivity index (χ4n) is 1.71. The maximum Gasteiger partial charge on any atom is 1.00 e. The molecular weight excluding hydrogens is 277 g/mol. The molecule has 0 fully saturated rings. The summed E-state index contributed by atoms with van der Waals surface area (Å²) in [7, 11) is -4.25. The fraction of sp³-hybridized carbons (Fsp3) is 0.0833. The van der Waals surface area contributed by atoms with Crippen LogP contribution in [0.1, 0.15) is 8.35 Å². The molecule has 0 saturated carbocycles. The topological polar surface area (TPSA) is 83.5 Å². The van der Waals surface area contributed by atoms with Crippen molar-refractivity contribution in [2.45, 2.75) is 11.8 Å². The molecule has 0 saturated heterocycles. The number of benzene rings is 2. The van der Waals surface area contributed by atoms with Crippen LogP contribution in [0.4, 0.5) is 5.69 Å². The Labute approximate surface area is 134 Å². The second-order valence-electron chi connectivity index (χ2n) is 3.84. The van der Waals surface area contributed by atoms with Gasteiger partial charge in [0.05, 0.1) is 4.90 Å². The first-order valence-electron chi connectivity index (χ1n) is 5.16. The van der Waals surface area contributed by atoms with E-state index in [9.17, 15) is 13.2 Å². The van der Waals surface area contributed by atoms with Gasteiger partial charge in [-0.15, -0.1) is 0 Å². The molecule has 0 aromatic heterocycles. The summed E-state index contributed by atoms with van der Waals surface area (Å²) in [6, 6.07) is 9.42. The van der Waals surface area contributed by atoms with Gasteiger partial charge in [0.1, 0.15) is 0 Å². The molecule has 0 bridgehead atoms. The van der Waals surface area contributed by atoms with Gasteiger partial charge in [-0.2, -0.15) is 8.42 Å². The molecule has 2 rings (SSSR count). The van der Waals surface area contributed by atoms with Gasteiger partial charge in [0, 0.05) is 18.0 Å². The van der Waals surface area contributed by atoms with Gasteiger partial charge in [-0.1, -0.05) is 18.2 Å². The summed E-state index contributed by atoms with van der Waals surface area (Å²) in [6.07, 6.45) is 0. The van der Waals surface area contributed by atoms with E-state index >= 15 is 0 Å². The predicted molar refractivity (Wildman–Crippen MR) is 69.2 cm³/mol. The molecular formula is C12H12NNaO4S. The Bertz CT molecular complexity index is 733. The largest absolute Gasteiger partial charge is 1.00 e. The number of nitrogens with one attached hydrogen (secondary N) is 1. The molecule has 0 unspecified atom stereocenters.